The molecule has 0 amide bonds. The van der Waals surface area contributed by atoms with Crippen molar-refractivity contribution in [3.05, 3.63) is 113 Å². The molecule has 0 spiro atoms. The minimum absolute atomic E-state index is 0.0629. The number of rotatable bonds is 12. The number of para-hydroxylation sites is 1. The number of nitro benzene ring substituents is 1. The van der Waals surface area contributed by atoms with Gasteiger partial charge in [-0.25, -0.2) is 4.98 Å². The summed E-state index contributed by atoms with van der Waals surface area (Å²) in [6, 6.07) is 30.1. The Hall–Kier alpha value is -4.56. The van der Waals surface area contributed by atoms with E-state index in [1.54, 1.807) is 29.7 Å². The fourth-order valence-electron chi connectivity index (χ4n) is 3.91. The molecule has 0 fully saturated rings. The second-order valence-electron chi connectivity index (χ2n) is 8.87. The van der Waals surface area contributed by atoms with Gasteiger partial charge < -0.3 is 9.47 Å². The summed E-state index contributed by atoms with van der Waals surface area (Å²) in [5, 5.41) is 11.8. The maximum Gasteiger partial charge on any atom is 0.269 e. The number of benzene rings is 4. The quantitative estimate of drug-likeness (QED) is 0.0692. The van der Waals surface area contributed by atoms with E-state index in [-0.39, 0.29) is 5.69 Å². The van der Waals surface area contributed by atoms with Crippen molar-refractivity contribution >= 4 is 39.1 Å². The zero-order chi connectivity index (χ0) is 26.9. The fraction of sp³-hybridized carbons (Fsp3) is 0.161. The van der Waals surface area contributed by atoms with Crippen LogP contribution in [0.5, 0.6) is 11.5 Å². The molecule has 196 valence electrons. The van der Waals surface area contributed by atoms with Crippen molar-refractivity contribution in [3.8, 4) is 22.1 Å². The van der Waals surface area contributed by atoms with E-state index in [1.807, 2.05) is 54.6 Å². The third-order valence-electron chi connectivity index (χ3n) is 6.02. The summed E-state index contributed by atoms with van der Waals surface area (Å²) in [5.74, 6) is 1.67. The molecular weight excluding hydrogens is 510 g/mol. The Bertz CT molecular complexity index is 1510. The minimum atomic E-state index is -0.418. The summed E-state index contributed by atoms with van der Waals surface area (Å²) in [6.07, 6.45) is 4.60. The van der Waals surface area contributed by atoms with E-state index in [1.165, 1.54) is 16.8 Å². The summed E-state index contributed by atoms with van der Waals surface area (Å²) < 4.78 is 12.9. The number of aliphatic imine (C=N–C) groups is 1. The minimum Gasteiger partial charge on any atom is -0.494 e. The fourth-order valence-corrected chi connectivity index (χ4v) is 4.88. The van der Waals surface area contributed by atoms with E-state index >= 15 is 0 Å². The van der Waals surface area contributed by atoms with Crippen molar-refractivity contribution in [1.29, 1.82) is 0 Å². The maximum atomic E-state index is 10.7. The molecule has 1 heterocycles. The molecule has 8 heteroatoms. The highest BCUT2D eigenvalue weighted by atomic mass is 32.1. The van der Waals surface area contributed by atoms with Gasteiger partial charge in [0.05, 0.1) is 34.0 Å². The van der Waals surface area contributed by atoms with Crippen molar-refractivity contribution in [2.24, 2.45) is 4.99 Å². The molecule has 0 bridgehead atoms. The van der Waals surface area contributed by atoms with Crippen molar-refractivity contribution < 1.29 is 14.4 Å². The van der Waals surface area contributed by atoms with Gasteiger partial charge in [-0.2, -0.15) is 0 Å². The van der Waals surface area contributed by atoms with Gasteiger partial charge in [-0.15, -0.1) is 11.3 Å². The highest BCUT2D eigenvalue weighted by molar-refractivity contribution is 7.21. The molecule has 0 unspecified atom stereocenters. The molecule has 0 radical (unpaired) electrons. The van der Waals surface area contributed by atoms with Crippen LogP contribution in [0.2, 0.25) is 0 Å². The van der Waals surface area contributed by atoms with Gasteiger partial charge in [0, 0.05) is 23.9 Å². The lowest BCUT2D eigenvalue weighted by Gasteiger charge is -2.08. The van der Waals surface area contributed by atoms with Gasteiger partial charge in [-0.3, -0.25) is 15.1 Å². The first-order chi connectivity index (χ1) is 19.1. The topological polar surface area (TPSA) is 86.9 Å². The zero-order valence-electron chi connectivity index (χ0n) is 21.2. The Kier molecular flexibility index (Phi) is 8.55. The molecule has 0 saturated heterocycles. The van der Waals surface area contributed by atoms with E-state index in [0.29, 0.717) is 13.2 Å². The van der Waals surface area contributed by atoms with Crippen LogP contribution in [-0.2, 0) is 0 Å². The van der Waals surface area contributed by atoms with Crippen LogP contribution in [0.15, 0.2) is 102 Å². The van der Waals surface area contributed by atoms with Crippen molar-refractivity contribution in [1.82, 2.24) is 4.98 Å². The second-order valence-corrected chi connectivity index (χ2v) is 9.90. The van der Waals surface area contributed by atoms with Crippen LogP contribution < -0.4 is 9.47 Å². The molecule has 0 aliphatic carbocycles. The molecule has 1 aromatic heterocycles. The zero-order valence-corrected chi connectivity index (χ0v) is 22.0. The lowest BCUT2D eigenvalue weighted by atomic mass is 10.2. The first-order valence-corrected chi connectivity index (χ1v) is 13.6. The summed E-state index contributed by atoms with van der Waals surface area (Å²) in [7, 11) is 0. The number of aromatic nitrogens is 1. The summed E-state index contributed by atoms with van der Waals surface area (Å²) >= 11 is 1.70. The standard InChI is InChI=1S/C31H27N3O4S/c35-34(36)26-14-8-23(9-15-26)22-32-25-12-18-28(19-13-25)38-21-5-1-4-20-37-27-16-10-24(11-17-27)31-33-29-6-2-3-7-30(29)39-31/h2-3,6-19,22H,1,4-5,20-21H2. The predicted octanol–water partition coefficient (Wildman–Crippen LogP) is 8.25. The van der Waals surface area contributed by atoms with Gasteiger partial charge in [0.1, 0.15) is 16.5 Å². The van der Waals surface area contributed by atoms with Gasteiger partial charge in [0.25, 0.3) is 5.69 Å². The van der Waals surface area contributed by atoms with Crippen LogP contribution in [0.3, 0.4) is 0 Å². The van der Waals surface area contributed by atoms with Crippen molar-refractivity contribution in [2.75, 3.05) is 13.2 Å². The van der Waals surface area contributed by atoms with E-state index < -0.39 is 4.92 Å². The monoisotopic (exact) mass is 537 g/mol. The average molecular weight is 538 g/mol. The van der Waals surface area contributed by atoms with Crippen molar-refractivity contribution in [2.45, 2.75) is 19.3 Å². The molecule has 0 aliphatic heterocycles. The molecule has 0 atom stereocenters. The average Bonchev–Trinajstić information content (AvgIpc) is 3.41. The van der Waals surface area contributed by atoms with Crippen LogP contribution in [-0.4, -0.2) is 29.3 Å². The number of unbranched alkanes of at least 4 members (excludes halogenated alkanes) is 2. The van der Waals surface area contributed by atoms with Gasteiger partial charge in [0.15, 0.2) is 0 Å². The Balaban J connectivity index is 0.978. The number of nitrogens with zero attached hydrogens (tertiary/aromatic N) is 3. The van der Waals surface area contributed by atoms with Crippen LogP contribution in [0, 0.1) is 10.1 Å². The van der Waals surface area contributed by atoms with Gasteiger partial charge in [-0.05, 0) is 97.6 Å². The van der Waals surface area contributed by atoms with Crippen LogP contribution >= 0.6 is 11.3 Å². The number of thiazole rings is 1. The SMILES string of the molecule is O=[N+]([O-])c1ccc(C=Nc2ccc(OCCCCCOc3ccc(-c4nc5ccccc5s4)cc3)cc2)cc1. The molecule has 5 rings (SSSR count). The van der Waals surface area contributed by atoms with E-state index in [4.69, 9.17) is 14.5 Å². The first-order valence-electron chi connectivity index (χ1n) is 12.7. The highest BCUT2D eigenvalue weighted by Crippen LogP contribution is 2.31. The van der Waals surface area contributed by atoms with Crippen LogP contribution in [0.1, 0.15) is 24.8 Å². The Labute approximate surface area is 230 Å². The molecule has 5 aromatic rings. The number of non-ortho nitro benzene ring substituents is 1. The maximum absolute atomic E-state index is 10.7. The Morgan fingerprint density at radius 3 is 2.08 bits per heavy atom. The Morgan fingerprint density at radius 2 is 1.44 bits per heavy atom. The summed E-state index contributed by atoms with van der Waals surface area (Å²) in [5.41, 5.74) is 3.78. The number of hydrogen-bond donors (Lipinski definition) is 0. The van der Waals surface area contributed by atoms with Crippen LogP contribution in [0.25, 0.3) is 20.8 Å². The largest absolute Gasteiger partial charge is 0.494 e. The predicted molar refractivity (Wildman–Crippen MR) is 157 cm³/mol. The molecule has 0 aliphatic rings. The normalized spacial score (nSPS) is 11.2. The number of hydrogen-bond acceptors (Lipinski definition) is 7. The second kappa shape index (κ2) is 12.8. The number of ether oxygens (including phenoxy) is 2. The summed E-state index contributed by atoms with van der Waals surface area (Å²) in [6.45, 7) is 1.31. The first kappa shape index (κ1) is 26.1. The van der Waals surface area contributed by atoms with Gasteiger partial charge in [-0.1, -0.05) is 12.1 Å². The molecule has 0 N–H and O–H groups in total. The third-order valence-corrected chi connectivity index (χ3v) is 7.11. The smallest absolute Gasteiger partial charge is 0.269 e. The molecular formula is C31H27N3O4S. The van der Waals surface area contributed by atoms with Gasteiger partial charge >= 0.3 is 0 Å². The molecule has 4 aromatic carbocycles. The van der Waals surface area contributed by atoms with E-state index in [2.05, 4.69) is 23.2 Å². The van der Waals surface area contributed by atoms with E-state index in [9.17, 15) is 10.1 Å². The number of nitro groups is 1. The number of fused-ring (bicyclic) bond motifs is 1. The third kappa shape index (κ3) is 7.27. The molecule has 7 nitrogen and oxygen atoms in total. The lowest BCUT2D eigenvalue weighted by molar-refractivity contribution is -0.384. The Morgan fingerprint density at radius 1 is 0.795 bits per heavy atom. The summed E-state index contributed by atoms with van der Waals surface area (Å²) in [4.78, 5) is 19.4. The highest BCUT2D eigenvalue weighted by Gasteiger charge is 2.06. The molecule has 39 heavy (non-hydrogen) atoms. The van der Waals surface area contributed by atoms with Crippen LogP contribution in [0.4, 0.5) is 11.4 Å². The van der Waals surface area contributed by atoms with Crippen molar-refractivity contribution in [3.63, 3.8) is 0 Å². The molecule has 0 saturated carbocycles. The lowest BCUT2D eigenvalue weighted by Crippen LogP contribution is -2.00. The van der Waals surface area contributed by atoms with Gasteiger partial charge in [0.2, 0.25) is 0 Å². The van der Waals surface area contributed by atoms with E-state index in [0.717, 1.165) is 58.1 Å².